The smallest absolute Gasteiger partial charge is 0.247 e. The number of unbranched alkanes of at least 4 members (excludes halogenated alkanes) is 1. The maximum atomic E-state index is 13.7. The molecule has 1 atom stereocenters. The number of rotatable bonds is 10. The molecule has 8 nitrogen and oxygen atoms in total. The summed E-state index contributed by atoms with van der Waals surface area (Å²) < 4.78 is 7.02. The summed E-state index contributed by atoms with van der Waals surface area (Å²) in [5.74, 6) is 0.341. The van der Waals surface area contributed by atoms with Crippen molar-refractivity contribution in [2.24, 2.45) is 0 Å². The summed E-state index contributed by atoms with van der Waals surface area (Å²) in [6.45, 7) is 2.57. The number of para-hydroxylation sites is 1. The summed E-state index contributed by atoms with van der Waals surface area (Å²) >= 11 is 0. The molecule has 2 aromatic carbocycles. The van der Waals surface area contributed by atoms with Crippen LogP contribution in [0.2, 0.25) is 0 Å². The van der Waals surface area contributed by atoms with E-state index < -0.39 is 6.04 Å². The molecule has 4 rings (SSSR count). The Kier molecular flexibility index (Phi) is 7.77. The van der Waals surface area contributed by atoms with Gasteiger partial charge in [0.15, 0.2) is 0 Å². The highest BCUT2D eigenvalue weighted by Gasteiger charge is 2.33. The van der Waals surface area contributed by atoms with E-state index in [0.29, 0.717) is 12.3 Å². The van der Waals surface area contributed by atoms with Gasteiger partial charge in [0.05, 0.1) is 12.6 Å². The minimum atomic E-state index is -0.746. The third kappa shape index (κ3) is 5.38. The van der Waals surface area contributed by atoms with Gasteiger partial charge in [0.25, 0.3) is 0 Å². The van der Waals surface area contributed by atoms with E-state index in [9.17, 15) is 9.59 Å². The van der Waals surface area contributed by atoms with Crippen molar-refractivity contribution < 1.29 is 14.3 Å². The molecule has 1 heterocycles. The average molecular weight is 464 g/mol. The van der Waals surface area contributed by atoms with Crippen molar-refractivity contribution in [2.75, 3.05) is 13.7 Å². The first-order valence-electron chi connectivity index (χ1n) is 12.1. The third-order valence-corrected chi connectivity index (χ3v) is 6.45. The van der Waals surface area contributed by atoms with Crippen LogP contribution in [0.1, 0.15) is 57.1 Å². The second kappa shape index (κ2) is 11.1. The van der Waals surface area contributed by atoms with E-state index in [1.54, 1.807) is 16.7 Å². The number of benzene rings is 2. The van der Waals surface area contributed by atoms with E-state index >= 15 is 0 Å². The molecule has 8 heteroatoms. The quantitative estimate of drug-likeness (QED) is 0.493. The number of carbonyl (C=O) groups excluding carboxylic acids is 2. The number of amides is 2. The number of methoxy groups -OCH3 is 1. The summed E-state index contributed by atoms with van der Waals surface area (Å²) in [6, 6.07) is 14.4. The molecule has 1 N–H and O–H groups in total. The zero-order valence-corrected chi connectivity index (χ0v) is 19.9. The second-order valence-corrected chi connectivity index (χ2v) is 8.85. The molecular weight excluding hydrogens is 430 g/mol. The topological polar surface area (TPSA) is 89.4 Å². The molecule has 1 saturated carbocycles. The largest absolute Gasteiger partial charge is 0.497 e. The average Bonchev–Trinajstić information content (AvgIpc) is 3.51. The maximum absolute atomic E-state index is 13.7. The van der Waals surface area contributed by atoms with Crippen LogP contribution in [0.25, 0.3) is 11.0 Å². The number of fused-ring (bicyclic) bond motifs is 1. The van der Waals surface area contributed by atoms with Gasteiger partial charge in [0.2, 0.25) is 11.8 Å². The number of nitrogens with zero attached hydrogens (tertiary/aromatic N) is 4. The van der Waals surface area contributed by atoms with Crippen molar-refractivity contribution in [1.82, 2.24) is 25.2 Å². The van der Waals surface area contributed by atoms with Gasteiger partial charge >= 0.3 is 0 Å². The van der Waals surface area contributed by atoms with Gasteiger partial charge < -0.3 is 15.0 Å². The van der Waals surface area contributed by atoms with E-state index in [1.807, 2.05) is 48.5 Å². The molecule has 180 valence electrons. The maximum Gasteiger partial charge on any atom is 0.247 e. The van der Waals surface area contributed by atoms with Crippen LogP contribution < -0.4 is 10.1 Å². The molecule has 0 saturated heterocycles. The zero-order valence-electron chi connectivity index (χ0n) is 19.9. The minimum Gasteiger partial charge on any atom is -0.497 e. The minimum absolute atomic E-state index is 0.0153. The van der Waals surface area contributed by atoms with Gasteiger partial charge in [0.1, 0.15) is 23.9 Å². The highest BCUT2D eigenvalue weighted by molar-refractivity contribution is 5.89. The number of hydrogen-bond donors (Lipinski definition) is 1. The van der Waals surface area contributed by atoms with E-state index in [0.717, 1.165) is 55.1 Å². The van der Waals surface area contributed by atoms with Crippen molar-refractivity contribution in [1.29, 1.82) is 0 Å². The predicted octanol–water partition coefficient (Wildman–Crippen LogP) is 3.87. The summed E-state index contributed by atoms with van der Waals surface area (Å²) in [6.07, 6.45) is 5.89. The highest BCUT2D eigenvalue weighted by Crippen LogP contribution is 2.27. The molecule has 1 fully saturated rings. The van der Waals surface area contributed by atoms with Crippen LogP contribution in [0.4, 0.5) is 0 Å². The lowest BCUT2D eigenvalue weighted by Gasteiger charge is -2.32. The molecule has 1 aliphatic rings. The lowest BCUT2D eigenvalue weighted by molar-refractivity contribution is -0.141. The molecule has 1 aromatic heterocycles. The Morgan fingerprint density at radius 2 is 1.97 bits per heavy atom. The number of ether oxygens (including phenoxy) is 1. The second-order valence-electron chi connectivity index (χ2n) is 8.85. The normalized spacial score (nSPS) is 14.8. The molecule has 0 radical (unpaired) electrons. The fourth-order valence-corrected chi connectivity index (χ4v) is 4.61. The molecule has 2 amide bonds. The van der Waals surface area contributed by atoms with E-state index in [4.69, 9.17) is 4.74 Å². The third-order valence-electron chi connectivity index (χ3n) is 6.45. The van der Waals surface area contributed by atoms with Gasteiger partial charge in [0, 0.05) is 12.6 Å². The molecule has 34 heavy (non-hydrogen) atoms. The Labute approximate surface area is 200 Å². The van der Waals surface area contributed by atoms with Gasteiger partial charge in [-0.05, 0) is 49.1 Å². The highest BCUT2D eigenvalue weighted by atomic mass is 16.5. The van der Waals surface area contributed by atoms with E-state index in [1.165, 1.54) is 0 Å². The van der Waals surface area contributed by atoms with Crippen LogP contribution in [0.3, 0.4) is 0 Å². The first-order chi connectivity index (χ1) is 16.6. The molecule has 1 aliphatic carbocycles. The molecule has 0 bridgehead atoms. The van der Waals surface area contributed by atoms with Crippen LogP contribution in [0.5, 0.6) is 5.75 Å². The van der Waals surface area contributed by atoms with Crippen LogP contribution in [-0.2, 0) is 16.1 Å². The number of hydrogen-bond acceptors (Lipinski definition) is 5. The number of aromatic nitrogens is 3. The van der Waals surface area contributed by atoms with Gasteiger partial charge in [-0.15, -0.1) is 5.10 Å². The van der Waals surface area contributed by atoms with E-state index in [-0.39, 0.29) is 24.4 Å². The lowest BCUT2D eigenvalue weighted by Crippen LogP contribution is -2.47. The van der Waals surface area contributed by atoms with Gasteiger partial charge in [-0.25, -0.2) is 4.68 Å². The summed E-state index contributed by atoms with van der Waals surface area (Å²) in [5.41, 5.74) is 2.26. The summed E-state index contributed by atoms with van der Waals surface area (Å²) in [4.78, 5) is 29.0. The predicted molar refractivity (Wildman–Crippen MR) is 130 cm³/mol. The van der Waals surface area contributed by atoms with Crippen molar-refractivity contribution in [2.45, 2.75) is 64.1 Å². The number of nitrogens with one attached hydrogen (secondary N) is 1. The van der Waals surface area contributed by atoms with Crippen LogP contribution >= 0.6 is 0 Å². The molecule has 3 aromatic rings. The van der Waals surface area contributed by atoms with Gasteiger partial charge in [-0.1, -0.05) is 55.7 Å². The Morgan fingerprint density at radius 3 is 2.74 bits per heavy atom. The SMILES string of the molecule is CCCCN(C(=O)Cn1nnc2ccccc21)[C@H](C(=O)NC1CCCC1)c1cccc(OC)c1. The standard InChI is InChI=1S/C26H33N5O3/c1-3-4-16-30(24(32)18-31-23-15-8-7-14-22(23)28-29-31)25(19-10-9-13-21(17-19)34-2)26(33)27-20-11-5-6-12-20/h7-10,13-15,17,20,25H,3-6,11-12,16,18H2,1-2H3,(H,27,33)/t25-/m0/s1. The fraction of sp³-hybridized carbons (Fsp3) is 0.462. The van der Waals surface area contributed by atoms with Gasteiger partial charge in [-0.2, -0.15) is 0 Å². The summed E-state index contributed by atoms with van der Waals surface area (Å²) in [7, 11) is 1.60. The van der Waals surface area contributed by atoms with Crippen molar-refractivity contribution in [3.63, 3.8) is 0 Å². The Balaban J connectivity index is 1.66. The first kappa shape index (κ1) is 23.7. The lowest BCUT2D eigenvalue weighted by atomic mass is 10.0. The monoisotopic (exact) mass is 463 g/mol. The van der Waals surface area contributed by atoms with E-state index in [2.05, 4.69) is 22.6 Å². The van der Waals surface area contributed by atoms with Crippen molar-refractivity contribution >= 4 is 22.8 Å². The van der Waals surface area contributed by atoms with Gasteiger partial charge in [-0.3, -0.25) is 9.59 Å². The Morgan fingerprint density at radius 1 is 1.18 bits per heavy atom. The van der Waals surface area contributed by atoms with Crippen LogP contribution in [-0.4, -0.2) is 51.4 Å². The van der Waals surface area contributed by atoms with Crippen LogP contribution in [0, 0.1) is 0 Å². The molecule has 0 spiro atoms. The molecule has 0 unspecified atom stereocenters. The van der Waals surface area contributed by atoms with Crippen molar-refractivity contribution in [3.05, 3.63) is 54.1 Å². The Hall–Kier alpha value is -3.42. The van der Waals surface area contributed by atoms with Crippen LogP contribution in [0.15, 0.2) is 48.5 Å². The first-order valence-corrected chi connectivity index (χ1v) is 12.1. The molecule has 0 aliphatic heterocycles. The van der Waals surface area contributed by atoms with Crippen molar-refractivity contribution in [3.8, 4) is 5.75 Å². The fourth-order valence-electron chi connectivity index (χ4n) is 4.61. The Bertz CT molecular complexity index is 1120. The summed E-state index contributed by atoms with van der Waals surface area (Å²) in [5, 5.41) is 11.6. The zero-order chi connectivity index (χ0) is 23.9. The molecular formula is C26H33N5O3. The number of carbonyl (C=O) groups is 2.